The average Bonchev–Trinajstić information content (AvgIpc) is 2.40. The molecule has 0 aliphatic carbocycles. The van der Waals surface area contributed by atoms with Gasteiger partial charge < -0.3 is 20.8 Å². The Balaban J connectivity index is 2.76. The summed E-state index contributed by atoms with van der Waals surface area (Å²) in [4.78, 5) is 23.4. The second-order valence-corrected chi connectivity index (χ2v) is 7.16. The number of hydrogen-bond donors (Lipinski definition) is 4. The largest absolute Gasteiger partial charge is 0.479 e. The highest BCUT2D eigenvalue weighted by Crippen LogP contribution is 2.36. The summed E-state index contributed by atoms with van der Waals surface area (Å²) in [5.74, 6) is -1.41. The van der Waals surface area contributed by atoms with Crippen LogP contribution in [0.4, 0.5) is 10.5 Å². The first-order valence-electron chi connectivity index (χ1n) is 6.59. The molecule has 0 heterocycles. The molecule has 0 aliphatic heterocycles. The highest BCUT2D eigenvalue weighted by Gasteiger charge is 2.30. The van der Waals surface area contributed by atoms with E-state index < -0.39 is 24.1 Å². The number of aliphatic carboxylic acids is 1. The Labute approximate surface area is 138 Å². The van der Waals surface area contributed by atoms with Crippen molar-refractivity contribution < 1.29 is 19.8 Å². The molecule has 1 atom stereocenters. The normalized spacial score (nSPS) is 13.5. The van der Waals surface area contributed by atoms with Crippen molar-refractivity contribution in [1.29, 1.82) is 0 Å². The van der Waals surface area contributed by atoms with Crippen LogP contribution in [-0.2, 0) is 4.79 Å². The molecule has 0 spiro atoms. The molecule has 4 N–H and O–H groups in total. The molecular weight excluding hydrogens is 328 g/mol. The predicted molar refractivity (Wildman–Crippen MR) is 87.7 cm³/mol. The summed E-state index contributed by atoms with van der Waals surface area (Å²) < 4.78 is 0. The molecule has 1 aromatic rings. The van der Waals surface area contributed by atoms with E-state index in [-0.39, 0.29) is 5.25 Å². The third-order valence-corrected chi connectivity index (χ3v) is 4.20. The van der Waals surface area contributed by atoms with Gasteiger partial charge in [0.2, 0.25) is 0 Å². The van der Waals surface area contributed by atoms with Gasteiger partial charge in [-0.3, -0.25) is 0 Å². The number of benzene rings is 1. The van der Waals surface area contributed by atoms with Crippen molar-refractivity contribution in [1.82, 2.24) is 5.32 Å². The van der Waals surface area contributed by atoms with Gasteiger partial charge in [0.05, 0.1) is 17.3 Å². The van der Waals surface area contributed by atoms with Crippen LogP contribution < -0.4 is 10.6 Å². The van der Waals surface area contributed by atoms with Crippen LogP contribution in [-0.4, -0.2) is 39.6 Å². The number of aliphatic hydroxyl groups is 1. The smallest absolute Gasteiger partial charge is 0.337 e. The number of nitrogens with one attached hydrogen (secondary N) is 2. The molecule has 0 aromatic heterocycles. The molecule has 0 bridgehead atoms. The summed E-state index contributed by atoms with van der Waals surface area (Å²) in [6, 6.07) is 4.51. The van der Waals surface area contributed by atoms with E-state index in [9.17, 15) is 14.7 Å². The summed E-state index contributed by atoms with van der Waals surface area (Å²) in [6.07, 6.45) is 0. The zero-order chi connectivity index (χ0) is 16.9. The minimum absolute atomic E-state index is 0.274. The van der Waals surface area contributed by atoms with Crippen molar-refractivity contribution in [3.63, 3.8) is 0 Å². The molecule has 22 heavy (non-hydrogen) atoms. The topological polar surface area (TPSA) is 98.7 Å². The van der Waals surface area contributed by atoms with E-state index >= 15 is 0 Å². The summed E-state index contributed by atoms with van der Waals surface area (Å²) >= 11 is 7.64. The van der Waals surface area contributed by atoms with Crippen molar-refractivity contribution >= 4 is 41.1 Å². The zero-order valence-electron chi connectivity index (χ0n) is 12.5. The van der Waals surface area contributed by atoms with Gasteiger partial charge in [-0.05, 0) is 19.1 Å². The molecule has 6 nitrogen and oxygen atoms in total. The highest BCUT2D eigenvalue weighted by molar-refractivity contribution is 8.00. The summed E-state index contributed by atoms with van der Waals surface area (Å²) in [5, 5.41) is 24.1. The maximum Gasteiger partial charge on any atom is 0.337 e. The minimum Gasteiger partial charge on any atom is -0.479 e. The lowest BCUT2D eigenvalue weighted by Crippen LogP contribution is -2.47. The number of anilines is 1. The SMILES string of the molecule is CC(C)Sc1c(Cl)cccc1NC(=O)NCC(C)(O)C(=O)O. The van der Waals surface area contributed by atoms with Gasteiger partial charge in [-0.15, -0.1) is 11.8 Å². The molecule has 0 fully saturated rings. The number of carboxylic acids is 1. The van der Waals surface area contributed by atoms with Gasteiger partial charge in [-0.2, -0.15) is 0 Å². The van der Waals surface area contributed by atoms with Crippen molar-refractivity contribution in [2.45, 2.75) is 36.5 Å². The summed E-state index contributed by atoms with van der Waals surface area (Å²) in [6.45, 7) is 4.69. The van der Waals surface area contributed by atoms with Gasteiger partial charge >= 0.3 is 12.0 Å². The van der Waals surface area contributed by atoms with E-state index in [2.05, 4.69) is 10.6 Å². The fraction of sp³-hybridized carbons (Fsp3) is 0.429. The zero-order valence-corrected chi connectivity index (χ0v) is 14.1. The van der Waals surface area contributed by atoms with Crippen molar-refractivity contribution in [2.75, 3.05) is 11.9 Å². The van der Waals surface area contributed by atoms with Gasteiger partial charge in [0.15, 0.2) is 5.60 Å². The summed E-state index contributed by atoms with van der Waals surface area (Å²) in [7, 11) is 0. The first-order valence-corrected chi connectivity index (χ1v) is 7.85. The highest BCUT2D eigenvalue weighted by atomic mass is 35.5. The number of carbonyl (C=O) groups is 2. The Hall–Kier alpha value is -1.44. The minimum atomic E-state index is -2.03. The third kappa shape index (κ3) is 5.40. The molecule has 8 heteroatoms. The Morgan fingerprint density at radius 2 is 2.05 bits per heavy atom. The molecule has 0 aliphatic rings. The number of hydrogen-bond acceptors (Lipinski definition) is 4. The van der Waals surface area contributed by atoms with E-state index in [0.29, 0.717) is 10.7 Å². The number of thioether (sulfide) groups is 1. The molecule has 1 rings (SSSR count). The van der Waals surface area contributed by atoms with E-state index in [1.165, 1.54) is 11.8 Å². The number of carboxylic acid groups (broad SMARTS) is 1. The first kappa shape index (κ1) is 18.6. The van der Waals surface area contributed by atoms with Crippen molar-refractivity contribution in [3.8, 4) is 0 Å². The van der Waals surface area contributed by atoms with Crippen molar-refractivity contribution in [2.24, 2.45) is 0 Å². The van der Waals surface area contributed by atoms with E-state index in [1.807, 2.05) is 13.8 Å². The van der Waals surface area contributed by atoms with Crippen LogP contribution in [0.5, 0.6) is 0 Å². The van der Waals surface area contributed by atoms with Crippen LogP contribution >= 0.6 is 23.4 Å². The molecule has 2 amide bonds. The number of rotatable bonds is 6. The van der Waals surface area contributed by atoms with Crippen molar-refractivity contribution in [3.05, 3.63) is 23.2 Å². The van der Waals surface area contributed by atoms with Gasteiger partial charge in [0.1, 0.15) is 0 Å². The number of amides is 2. The second kappa shape index (κ2) is 7.71. The number of carbonyl (C=O) groups excluding carboxylic acids is 1. The quantitative estimate of drug-likeness (QED) is 0.594. The molecule has 0 saturated heterocycles. The van der Waals surface area contributed by atoms with E-state index in [0.717, 1.165) is 11.8 Å². The van der Waals surface area contributed by atoms with Gasteiger partial charge in [-0.1, -0.05) is 31.5 Å². The molecule has 1 aromatic carbocycles. The molecule has 0 saturated carbocycles. The maximum atomic E-state index is 11.9. The van der Waals surface area contributed by atoms with Gasteiger partial charge in [0.25, 0.3) is 0 Å². The van der Waals surface area contributed by atoms with Crippen LogP contribution in [0.25, 0.3) is 0 Å². The Morgan fingerprint density at radius 1 is 1.41 bits per heavy atom. The van der Waals surface area contributed by atoms with Gasteiger partial charge in [-0.25, -0.2) is 9.59 Å². The van der Waals surface area contributed by atoms with Crippen LogP contribution in [0.15, 0.2) is 23.1 Å². The Kier molecular flexibility index (Phi) is 6.52. The van der Waals surface area contributed by atoms with E-state index in [1.54, 1.807) is 18.2 Å². The Morgan fingerprint density at radius 3 is 2.59 bits per heavy atom. The number of urea groups is 1. The lowest BCUT2D eigenvalue weighted by Gasteiger charge is -2.19. The fourth-order valence-electron chi connectivity index (χ4n) is 1.46. The fourth-order valence-corrected chi connectivity index (χ4v) is 2.66. The Bertz CT molecular complexity index is 564. The maximum absolute atomic E-state index is 11.9. The molecular formula is C14H19ClN2O4S. The summed E-state index contributed by atoms with van der Waals surface area (Å²) in [5.41, 5.74) is -1.50. The molecule has 0 radical (unpaired) electrons. The van der Waals surface area contributed by atoms with Crippen LogP contribution in [0.2, 0.25) is 5.02 Å². The average molecular weight is 347 g/mol. The third-order valence-electron chi connectivity index (χ3n) is 2.62. The molecule has 122 valence electrons. The van der Waals surface area contributed by atoms with E-state index in [4.69, 9.17) is 16.7 Å². The number of halogens is 1. The lowest BCUT2D eigenvalue weighted by atomic mass is 10.1. The lowest BCUT2D eigenvalue weighted by molar-refractivity contribution is -0.155. The van der Waals surface area contributed by atoms with Crippen LogP contribution in [0.3, 0.4) is 0 Å². The van der Waals surface area contributed by atoms with Gasteiger partial charge in [0, 0.05) is 10.1 Å². The first-order chi connectivity index (χ1) is 10.1. The standard InChI is InChI=1S/C14H19ClN2O4S/c1-8(2)22-11-9(15)5-4-6-10(11)17-13(20)16-7-14(3,21)12(18)19/h4-6,8,21H,7H2,1-3H3,(H,18,19)(H2,16,17,20). The second-order valence-electron chi connectivity index (χ2n) is 5.17. The van der Waals surface area contributed by atoms with Crippen LogP contribution in [0, 0.1) is 0 Å². The predicted octanol–water partition coefficient (Wildman–Crippen LogP) is 2.80. The van der Waals surface area contributed by atoms with Crippen LogP contribution in [0.1, 0.15) is 20.8 Å². The monoisotopic (exact) mass is 346 g/mol. The molecule has 1 unspecified atom stereocenters.